The Kier molecular flexibility index (Phi) is 5.29. The molecule has 1 nitrogen and oxygen atoms in total. The molecule has 0 aliphatic heterocycles. The predicted octanol–water partition coefficient (Wildman–Crippen LogP) is 4.01. The Labute approximate surface area is 87.8 Å². The number of rotatable bonds is 1. The van der Waals surface area contributed by atoms with Crippen LogP contribution >= 0.6 is 0 Å². The van der Waals surface area contributed by atoms with Crippen molar-refractivity contribution >= 4 is 0 Å². The molecule has 1 aromatic rings. The monoisotopic (exact) mass is 194 g/mol. The topological polar surface area (TPSA) is 20.2 Å². The van der Waals surface area contributed by atoms with Gasteiger partial charge < -0.3 is 5.11 Å². The van der Waals surface area contributed by atoms with Crippen molar-refractivity contribution in [1.29, 1.82) is 0 Å². The first-order valence-corrected chi connectivity index (χ1v) is 5.26. The van der Waals surface area contributed by atoms with Crippen LogP contribution in [0.5, 0.6) is 5.75 Å². The summed E-state index contributed by atoms with van der Waals surface area (Å²) in [7, 11) is 0. The van der Waals surface area contributed by atoms with Gasteiger partial charge in [0.2, 0.25) is 0 Å². The minimum atomic E-state index is 0.235. The molecule has 0 saturated heterocycles. The third kappa shape index (κ3) is 4.90. The van der Waals surface area contributed by atoms with Crippen molar-refractivity contribution in [2.24, 2.45) is 5.41 Å². The standard InChI is InChI=1S/C11H16O.C2H6/c1-11(2,3)8-9-6-4-5-7-10(9)12;1-2/h4-7,12H,8H2,1-3H3;1-2H3. The summed E-state index contributed by atoms with van der Waals surface area (Å²) < 4.78 is 0. The van der Waals surface area contributed by atoms with Crippen molar-refractivity contribution in [1.82, 2.24) is 0 Å². The first-order valence-electron chi connectivity index (χ1n) is 5.26. The summed E-state index contributed by atoms with van der Waals surface area (Å²) >= 11 is 0. The SMILES string of the molecule is CC.CC(C)(C)Cc1ccccc1O. The molecular formula is C13H22O. The summed E-state index contributed by atoms with van der Waals surface area (Å²) in [5, 5.41) is 9.47. The highest BCUT2D eigenvalue weighted by atomic mass is 16.3. The highest BCUT2D eigenvalue weighted by Crippen LogP contribution is 2.25. The molecular weight excluding hydrogens is 172 g/mol. The van der Waals surface area contributed by atoms with Gasteiger partial charge in [-0.25, -0.2) is 0 Å². The van der Waals surface area contributed by atoms with E-state index >= 15 is 0 Å². The third-order valence-corrected chi connectivity index (χ3v) is 1.71. The van der Waals surface area contributed by atoms with E-state index in [9.17, 15) is 5.11 Å². The van der Waals surface area contributed by atoms with Gasteiger partial charge in [-0.15, -0.1) is 0 Å². The van der Waals surface area contributed by atoms with Gasteiger partial charge in [-0.05, 0) is 23.5 Å². The van der Waals surface area contributed by atoms with Crippen LogP contribution in [0.2, 0.25) is 0 Å². The number of aromatic hydroxyl groups is 1. The van der Waals surface area contributed by atoms with Crippen LogP contribution in [0.25, 0.3) is 0 Å². The molecule has 1 heteroatoms. The molecule has 0 aromatic heterocycles. The second kappa shape index (κ2) is 5.69. The lowest BCUT2D eigenvalue weighted by Gasteiger charge is -2.18. The maximum atomic E-state index is 9.47. The smallest absolute Gasteiger partial charge is 0.118 e. The molecule has 0 unspecified atom stereocenters. The summed E-state index contributed by atoms with van der Waals surface area (Å²) in [4.78, 5) is 0. The molecule has 0 amide bonds. The molecule has 0 aliphatic carbocycles. The summed E-state index contributed by atoms with van der Waals surface area (Å²) in [6, 6.07) is 7.52. The maximum absolute atomic E-state index is 9.47. The minimum absolute atomic E-state index is 0.235. The van der Waals surface area contributed by atoms with E-state index in [0.29, 0.717) is 5.75 Å². The summed E-state index contributed by atoms with van der Waals surface area (Å²) in [6.07, 6.45) is 0.916. The Bertz CT molecular complexity index is 258. The van der Waals surface area contributed by atoms with E-state index in [1.165, 1.54) is 0 Å². The Morgan fingerprint density at radius 1 is 1.07 bits per heavy atom. The maximum Gasteiger partial charge on any atom is 0.118 e. The molecule has 0 fully saturated rings. The number of benzene rings is 1. The quantitative estimate of drug-likeness (QED) is 0.716. The van der Waals surface area contributed by atoms with Gasteiger partial charge >= 0.3 is 0 Å². The number of phenolic OH excluding ortho intramolecular Hbond substituents is 1. The Balaban J connectivity index is 0.000000791. The van der Waals surface area contributed by atoms with E-state index < -0.39 is 0 Å². The van der Waals surface area contributed by atoms with Crippen LogP contribution < -0.4 is 0 Å². The molecule has 0 aliphatic rings. The van der Waals surface area contributed by atoms with Crippen LogP contribution in [0.15, 0.2) is 24.3 Å². The van der Waals surface area contributed by atoms with E-state index in [4.69, 9.17) is 0 Å². The average molecular weight is 194 g/mol. The van der Waals surface area contributed by atoms with Crippen molar-refractivity contribution in [3.05, 3.63) is 29.8 Å². The molecule has 0 bridgehead atoms. The van der Waals surface area contributed by atoms with Crippen molar-refractivity contribution in [2.75, 3.05) is 0 Å². The molecule has 0 radical (unpaired) electrons. The van der Waals surface area contributed by atoms with Crippen molar-refractivity contribution in [2.45, 2.75) is 41.0 Å². The summed E-state index contributed by atoms with van der Waals surface area (Å²) in [5.41, 5.74) is 1.27. The zero-order valence-electron chi connectivity index (χ0n) is 9.96. The van der Waals surface area contributed by atoms with E-state index in [1.807, 2.05) is 32.0 Å². The van der Waals surface area contributed by atoms with Gasteiger partial charge in [-0.3, -0.25) is 0 Å². The largest absolute Gasteiger partial charge is 0.508 e. The summed E-state index contributed by atoms with van der Waals surface area (Å²) in [6.45, 7) is 10.5. The minimum Gasteiger partial charge on any atom is -0.508 e. The van der Waals surface area contributed by atoms with Crippen LogP contribution in [0, 0.1) is 5.41 Å². The van der Waals surface area contributed by atoms with Crippen LogP contribution in [-0.4, -0.2) is 5.11 Å². The van der Waals surface area contributed by atoms with Gasteiger partial charge in [-0.1, -0.05) is 52.8 Å². The second-order valence-electron chi connectivity index (χ2n) is 4.37. The lowest BCUT2D eigenvalue weighted by atomic mass is 9.88. The van der Waals surface area contributed by atoms with Gasteiger partial charge in [0.15, 0.2) is 0 Å². The zero-order valence-corrected chi connectivity index (χ0v) is 9.96. The predicted molar refractivity (Wildman–Crippen MR) is 62.6 cm³/mol. The average Bonchev–Trinajstić information content (AvgIpc) is 2.10. The molecule has 0 heterocycles. The van der Waals surface area contributed by atoms with Gasteiger partial charge in [-0.2, -0.15) is 0 Å². The van der Waals surface area contributed by atoms with Crippen LogP contribution in [0.3, 0.4) is 0 Å². The zero-order chi connectivity index (χ0) is 11.2. The second-order valence-corrected chi connectivity index (χ2v) is 4.37. The molecule has 0 atom stereocenters. The summed E-state index contributed by atoms with van der Waals surface area (Å²) in [5.74, 6) is 0.410. The van der Waals surface area contributed by atoms with Crippen LogP contribution in [0.4, 0.5) is 0 Å². The molecule has 80 valence electrons. The molecule has 1 aromatic carbocycles. The lowest BCUT2D eigenvalue weighted by Crippen LogP contribution is -2.08. The number of hydrogen-bond donors (Lipinski definition) is 1. The highest BCUT2D eigenvalue weighted by Gasteiger charge is 2.12. The number of para-hydroxylation sites is 1. The van der Waals surface area contributed by atoms with Crippen molar-refractivity contribution in [3.8, 4) is 5.75 Å². The number of hydrogen-bond acceptors (Lipinski definition) is 1. The fourth-order valence-corrected chi connectivity index (χ4v) is 1.23. The van der Waals surface area contributed by atoms with E-state index in [2.05, 4.69) is 20.8 Å². The number of phenols is 1. The first-order chi connectivity index (χ1) is 6.49. The van der Waals surface area contributed by atoms with Gasteiger partial charge in [0.1, 0.15) is 5.75 Å². The molecule has 14 heavy (non-hydrogen) atoms. The highest BCUT2D eigenvalue weighted by molar-refractivity contribution is 5.32. The molecule has 1 rings (SSSR count). The first kappa shape index (κ1) is 13.0. The Hall–Kier alpha value is -0.980. The van der Waals surface area contributed by atoms with Crippen LogP contribution in [-0.2, 0) is 6.42 Å². The third-order valence-electron chi connectivity index (χ3n) is 1.71. The van der Waals surface area contributed by atoms with Gasteiger partial charge in [0, 0.05) is 0 Å². The van der Waals surface area contributed by atoms with Crippen LogP contribution in [0.1, 0.15) is 40.2 Å². The van der Waals surface area contributed by atoms with Gasteiger partial charge in [0.05, 0.1) is 0 Å². The van der Waals surface area contributed by atoms with E-state index in [-0.39, 0.29) is 5.41 Å². The fraction of sp³-hybridized carbons (Fsp3) is 0.538. The van der Waals surface area contributed by atoms with Gasteiger partial charge in [0.25, 0.3) is 0 Å². The fourth-order valence-electron chi connectivity index (χ4n) is 1.23. The van der Waals surface area contributed by atoms with E-state index in [1.54, 1.807) is 6.07 Å². The Morgan fingerprint density at radius 2 is 1.57 bits per heavy atom. The van der Waals surface area contributed by atoms with Crippen molar-refractivity contribution in [3.63, 3.8) is 0 Å². The normalized spacial score (nSPS) is 10.4. The van der Waals surface area contributed by atoms with Crippen molar-refractivity contribution < 1.29 is 5.11 Å². The molecule has 0 saturated carbocycles. The Morgan fingerprint density at radius 3 is 2.00 bits per heavy atom. The van der Waals surface area contributed by atoms with E-state index in [0.717, 1.165) is 12.0 Å². The lowest BCUT2D eigenvalue weighted by molar-refractivity contribution is 0.395. The molecule has 0 spiro atoms. The molecule has 1 N–H and O–H groups in total.